The maximum absolute atomic E-state index is 12.7. The van der Waals surface area contributed by atoms with E-state index in [4.69, 9.17) is 14.5 Å². The molecule has 0 aliphatic carbocycles. The van der Waals surface area contributed by atoms with Gasteiger partial charge < -0.3 is 9.47 Å². The zero-order chi connectivity index (χ0) is 19.1. The molecular formula is C20H24BrNO4. The van der Waals surface area contributed by atoms with E-state index < -0.39 is 0 Å². The number of benzene rings is 1. The van der Waals surface area contributed by atoms with Crippen molar-refractivity contribution < 1.29 is 19.1 Å². The monoisotopic (exact) mass is 421 g/mol. The summed E-state index contributed by atoms with van der Waals surface area (Å²) in [6.45, 7) is 6.22. The number of carbonyl (C=O) groups excluding carboxylic acids is 2. The number of nitrogens with zero attached hydrogens (tertiary/aromatic N) is 1. The SMILES string of the molecule is CCCc1nc2cccc(Br)c2c(CCC(=O)OCC)c1C(=O)OCC. The highest BCUT2D eigenvalue weighted by Gasteiger charge is 2.23. The van der Waals surface area contributed by atoms with Crippen molar-refractivity contribution in [1.29, 1.82) is 0 Å². The van der Waals surface area contributed by atoms with Gasteiger partial charge in [0.15, 0.2) is 0 Å². The van der Waals surface area contributed by atoms with Crippen molar-refractivity contribution >= 4 is 38.8 Å². The summed E-state index contributed by atoms with van der Waals surface area (Å²) in [6, 6.07) is 5.74. The van der Waals surface area contributed by atoms with Crippen molar-refractivity contribution in [2.24, 2.45) is 0 Å². The molecule has 0 spiro atoms. The molecule has 0 unspecified atom stereocenters. The average Bonchev–Trinajstić information content (AvgIpc) is 2.60. The van der Waals surface area contributed by atoms with Crippen LogP contribution >= 0.6 is 15.9 Å². The van der Waals surface area contributed by atoms with Gasteiger partial charge in [0.25, 0.3) is 0 Å². The molecule has 0 aliphatic rings. The molecule has 0 N–H and O–H groups in total. The lowest BCUT2D eigenvalue weighted by molar-refractivity contribution is -0.143. The number of hydrogen-bond donors (Lipinski definition) is 0. The quantitative estimate of drug-likeness (QED) is 0.581. The standard InChI is InChI=1S/C20H24BrNO4/c1-4-8-15-19(20(24)26-6-3)13(11-12-17(23)25-5-2)18-14(21)9-7-10-16(18)22-15/h7,9-10H,4-6,8,11-12H2,1-3H3. The smallest absolute Gasteiger partial charge is 0.340 e. The van der Waals surface area contributed by atoms with Gasteiger partial charge in [0, 0.05) is 16.3 Å². The van der Waals surface area contributed by atoms with Gasteiger partial charge >= 0.3 is 11.9 Å². The molecule has 5 nitrogen and oxygen atoms in total. The molecule has 0 fully saturated rings. The molecule has 0 bridgehead atoms. The van der Waals surface area contributed by atoms with Crippen LogP contribution in [0.5, 0.6) is 0 Å². The van der Waals surface area contributed by atoms with Crippen molar-refractivity contribution in [1.82, 2.24) is 4.98 Å². The van der Waals surface area contributed by atoms with Gasteiger partial charge in [-0.25, -0.2) is 4.79 Å². The summed E-state index contributed by atoms with van der Waals surface area (Å²) in [7, 11) is 0. The molecule has 0 saturated heterocycles. The number of esters is 2. The number of hydrogen-bond acceptors (Lipinski definition) is 5. The minimum absolute atomic E-state index is 0.201. The predicted molar refractivity (Wildman–Crippen MR) is 104 cm³/mol. The lowest BCUT2D eigenvalue weighted by atomic mass is 9.95. The third kappa shape index (κ3) is 4.61. The van der Waals surface area contributed by atoms with Crippen molar-refractivity contribution in [3.8, 4) is 0 Å². The van der Waals surface area contributed by atoms with Crippen LogP contribution in [0.15, 0.2) is 22.7 Å². The fourth-order valence-corrected chi connectivity index (χ4v) is 3.57. The van der Waals surface area contributed by atoms with Crippen molar-refractivity contribution in [2.75, 3.05) is 13.2 Å². The van der Waals surface area contributed by atoms with Crippen molar-refractivity contribution in [3.63, 3.8) is 0 Å². The molecule has 0 amide bonds. The van der Waals surface area contributed by atoms with Crippen LogP contribution in [0.3, 0.4) is 0 Å². The minimum atomic E-state index is -0.389. The van der Waals surface area contributed by atoms with Crippen LogP contribution in [0.2, 0.25) is 0 Å². The number of aryl methyl sites for hydroxylation is 2. The molecule has 0 atom stereocenters. The number of aromatic nitrogens is 1. The normalized spacial score (nSPS) is 10.8. The van der Waals surface area contributed by atoms with E-state index in [0.29, 0.717) is 25.0 Å². The van der Waals surface area contributed by atoms with Gasteiger partial charge in [-0.05, 0) is 44.4 Å². The molecular weight excluding hydrogens is 398 g/mol. The van der Waals surface area contributed by atoms with Gasteiger partial charge in [0.05, 0.1) is 30.0 Å². The number of halogens is 1. The Morgan fingerprint density at radius 3 is 2.46 bits per heavy atom. The highest BCUT2D eigenvalue weighted by atomic mass is 79.9. The number of ether oxygens (including phenoxy) is 2. The number of carbonyl (C=O) groups is 2. The summed E-state index contributed by atoms with van der Waals surface area (Å²) < 4.78 is 11.2. The van der Waals surface area contributed by atoms with Gasteiger partial charge in [-0.15, -0.1) is 0 Å². The maximum atomic E-state index is 12.7. The summed E-state index contributed by atoms with van der Waals surface area (Å²) in [5.41, 5.74) is 2.79. The predicted octanol–water partition coefficient (Wildman–Crippen LogP) is 4.62. The lowest BCUT2D eigenvalue weighted by Crippen LogP contribution is -2.16. The summed E-state index contributed by atoms with van der Waals surface area (Å²) >= 11 is 3.56. The Morgan fingerprint density at radius 1 is 1.08 bits per heavy atom. The first-order valence-electron chi connectivity index (χ1n) is 8.96. The molecule has 1 aromatic carbocycles. The molecule has 2 rings (SSSR count). The van der Waals surface area contributed by atoms with E-state index in [1.807, 2.05) is 25.1 Å². The Kier molecular flexibility index (Phi) is 7.57. The highest BCUT2D eigenvalue weighted by Crippen LogP contribution is 2.32. The summed E-state index contributed by atoms with van der Waals surface area (Å²) in [5.74, 6) is -0.670. The van der Waals surface area contributed by atoms with E-state index in [0.717, 1.165) is 33.1 Å². The fraction of sp³-hybridized carbons (Fsp3) is 0.450. The first-order chi connectivity index (χ1) is 12.5. The summed E-state index contributed by atoms with van der Waals surface area (Å²) in [5, 5.41) is 0.847. The van der Waals surface area contributed by atoms with E-state index in [1.165, 1.54) is 0 Å². The minimum Gasteiger partial charge on any atom is -0.466 e. The third-order valence-electron chi connectivity index (χ3n) is 3.99. The number of fused-ring (bicyclic) bond motifs is 1. The van der Waals surface area contributed by atoms with Crippen LogP contribution in [0.1, 0.15) is 55.2 Å². The van der Waals surface area contributed by atoms with Crippen LogP contribution in [-0.2, 0) is 27.1 Å². The second-order valence-corrected chi connectivity index (χ2v) is 6.68. The van der Waals surface area contributed by atoms with Crippen molar-refractivity contribution in [2.45, 2.75) is 46.5 Å². The molecule has 6 heteroatoms. The maximum Gasteiger partial charge on any atom is 0.340 e. The van der Waals surface area contributed by atoms with Crippen LogP contribution in [-0.4, -0.2) is 30.1 Å². The highest BCUT2D eigenvalue weighted by molar-refractivity contribution is 9.10. The van der Waals surface area contributed by atoms with Gasteiger partial charge in [-0.3, -0.25) is 9.78 Å². The molecule has 2 aromatic rings. The van der Waals surface area contributed by atoms with E-state index >= 15 is 0 Å². The van der Waals surface area contributed by atoms with Gasteiger partial charge in [-0.1, -0.05) is 35.3 Å². The van der Waals surface area contributed by atoms with Crippen LogP contribution in [0, 0.1) is 0 Å². The molecule has 140 valence electrons. The van der Waals surface area contributed by atoms with E-state index in [-0.39, 0.29) is 25.0 Å². The van der Waals surface area contributed by atoms with E-state index in [2.05, 4.69) is 15.9 Å². The fourth-order valence-electron chi connectivity index (χ4n) is 2.98. The van der Waals surface area contributed by atoms with Gasteiger partial charge in [-0.2, -0.15) is 0 Å². The molecule has 1 heterocycles. The molecule has 0 radical (unpaired) electrons. The Labute approximate surface area is 162 Å². The van der Waals surface area contributed by atoms with Crippen LogP contribution in [0.25, 0.3) is 10.9 Å². The number of pyridine rings is 1. The first kappa shape index (κ1) is 20.4. The summed E-state index contributed by atoms with van der Waals surface area (Å²) in [6.07, 6.45) is 2.12. The zero-order valence-electron chi connectivity index (χ0n) is 15.4. The Hall–Kier alpha value is -1.95. The zero-order valence-corrected chi connectivity index (χ0v) is 17.0. The lowest BCUT2D eigenvalue weighted by Gasteiger charge is -2.17. The summed E-state index contributed by atoms with van der Waals surface area (Å²) in [4.78, 5) is 29.3. The van der Waals surface area contributed by atoms with Crippen LogP contribution in [0.4, 0.5) is 0 Å². The largest absolute Gasteiger partial charge is 0.466 e. The second-order valence-electron chi connectivity index (χ2n) is 5.82. The van der Waals surface area contributed by atoms with Crippen LogP contribution < -0.4 is 0 Å². The Morgan fingerprint density at radius 2 is 1.81 bits per heavy atom. The number of rotatable bonds is 8. The van der Waals surface area contributed by atoms with Gasteiger partial charge in [0.1, 0.15) is 0 Å². The van der Waals surface area contributed by atoms with Gasteiger partial charge in [0.2, 0.25) is 0 Å². The average molecular weight is 422 g/mol. The Bertz CT molecular complexity index is 804. The third-order valence-corrected chi connectivity index (χ3v) is 4.65. The molecule has 0 saturated carbocycles. The molecule has 1 aromatic heterocycles. The van der Waals surface area contributed by atoms with E-state index in [9.17, 15) is 9.59 Å². The topological polar surface area (TPSA) is 65.5 Å². The molecule has 26 heavy (non-hydrogen) atoms. The van der Waals surface area contributed by atoms with E-state index in [1.54, 1.807) is 13.8 Å². The van der Waals surface area contributed by atoms with Crippen molar-refractivity contribution in [3.05, 3.63) is 39.5 Å². The Balaban J connectivity index is 2.65. The second kappa shape index (κ2) is 9.67. The molecule has 0 aliphatic heterocycles. The first-order valence-corrected chi connectivity index (χ1v) is 9.75.